The molecule has 0 aromatic heterocycles. The lowest BCUT2D eigenvalue weighted by Gasteiger charge is -2.30. The highest BCUT2D eigenvalue weighted by Gasteiger charge is 2.22. The van der Waals surface area contributed by atoms with Gasteiger partial charge in [-0.2, -0.15) is 0 Å². The molecular weight excluding hydrogens is 174 g/mol. The van der Waals surface area contributed by atoms with Gasteiger partial charge in [-0.15, -0.1) is 0 Å². The van der Waals surface area contributed by atoms with Gasteiger partial charge >= 0.3 is 0 Å². The van der Waals surface area contributed by atoms with Crippen LogP contribution in [-0.2, 0) is 4.74 Å². The maximum absolute atomic E-state index is 5.53. The van der Waals surface area contributed by atoms with Gasteiger partial charge in [0.1, 0.15) is 0 Å². The number of rotatable bonds is 6. The highest BCUT2D eigenvalue weighted by molar-refractivity contribution is 4.77. The van der Waals surface area contributed by atoms with E-state index in [1.54, 1.807) is 0 Å². The Morgan fingerprint density at radius 3 is 2.86 bits per heavy atom. The molecule has 0 saturated carbocycles. The van der Waals surface area contributed by atoms with Gasteiger partial charge in [0.25, 0.3) is 0 Å². The maximum Gasteiger partial charge on any atom is 0.0509 e. The average molecular weight is 199 g/mol. The fourth-order valence-corrected chi connectivity index (χ4v) is 2.31. The molecule has 14 heavy (non-hydrogen) atoms. The lowest BCUT2D eigenvalue weighted by molar-refractivity contribution is 0.0387. The van der Waals surface area contributed by atoms with Gasteiger partial charge in [-0.3, -0.25) is 0 Å². The van der Waals surface area contributed by atoms with Crippen molar-refractivity contribution in [3.8, 4) is 0 Å². The first-order chi connectivity index (χ1) is 6.88. The molecule has 1 heterocycles. The van der Waals surface area contributed by atoms with Gasteiger partial charge in [0.05, 0.1) is 6.61 Å². The molecule has 1 N–H and O–H groups in total. The second-order valence-corrected chi connectivity index (χ2v) is 4.37. The zero-order valence-electron chi connectivity index (χ0n) is 9.72. The maximum atomic E-state index is 5.53. The lowest BCUT2D eigenvalue weighted by atomic mass is 9.90. The number of unbranched alkanes of at least 4 members (excludes halogenated alkanes) is 2. The van der Waals surface area contributed by atoms with E-state index in [4.69, 9.17) is 4.74 Å². The van der Waals surface area contributed by atoms with Gasteiger partial charge in [-0.05, 0) is 32.2 Å². The minimum absolute atomic E-state index is 0.682. The van der Waals surface area contributed by atoms with Crippen molar-refractivity contribution >= 4 is 0 Å². The summed E-state index contributed by atoms with van der Waals surface area (Å²) < 4.78 is 5.53. The molecule has 1 aliphatic rings. The van der Waals surface area contributed by atoms with Crippen LogP contribution in [0.25, 0.3) is 0 Å². The molecule has 1 aliphatic heterocycles. The van der Waals surface area contributed by atoms with Crippen LogP contribution >= 0.6 is 0 Å². The number of ether oxygens (including phenoxy) is 1. The monoisotopic (exact) mass is 199 g/mol. The highest BCUT2D eigenvalue weighted by Crippen LogP contribution is 2.20. The SMILES string of the molecule is CCCCCC(NC)C1CCCOC1. The summed E-state index contributed by atoms with van der Waals surface area (Å²) >= 11 is 0. The van der Waals surface area contributed by atoms with Gasteiger partial charge in [0, 0.05) is 12.6 Å². The van der Waals surface area contributed by atoms with Crippen LogP contribution in [0.15, 0.2) is 0 Å². The summed E-state index contributed by atoms with van der Waals surface area (Å²) in [5.41, 5.74) is 0. The third-order valence-corrected chi connectivity index (χ3v) is 3.25. The molecule has 2 atom stereocenters. The Hall–Kier alpha value is -0.0800. The van der Waals surface area contributed by atoms with Crippen LogP contribution < -0.4 is 5.32 Å². The first kappa shape index (κ1) is 12.0. The van der Waals surface area contributed by atoms with Gasteiger partial charge in [-0.1, -0.05) is 26.2 Å². The highest BCUT2D eigenvalue weighted by atomic mass is 16.5. The minimum Gasteiger partial charge on any atom is -0.381 e. The zero-order chi connectivity index (χ0) is 10.2. The molecule has 0 aromatic carbocycles. The van der Waals surface area contributed by atoms with Gasteiger partial charge in [-0.25, -0.2) is 0 Å². The summed E-state index contributed by atoms with van der Waals surface area (Å²) in [6.45, 7) is 4.21. The fraction of sp³-hybridized carbons (Fsp3) is 1.00. The van der Waals surface area contributed by atoms with Crippen LogP contribution in [0.4, 0.5) is 0 Å². The van der Waals surface area contributed by atoms with Crippen molar-refractivity contribution in [1.82, 2.24) is 5.32 Å². The molecule has 0 amide bonds. The largest absolute Gasteiger partial charge is 0.381 e. The Labute approximate surface area is 88.4 Å². The molecule has 0 bridgehead atoms. The smallest absolute Gasteiger partial charge is 0.0509 e. The van der Waals surface area contributed by atoms with E-state index < -0.39 is 0 Å². The van der Waals surface area contributed by atoms with E-state index >= 15 is 0 Å². The zero-order valence-corrected chi connectivity index (χ0v) is 9.72. The van der Waals surface area contributed by atoms with Crippen LogP contribution in [-0.4, -0.2) is 26.3 Å². The van der Waals surface area contributed by atoms with Gasteiger partial charge in [0.15, 0.2) is 0 Å². The van der Waals surface area contributed by atoms with E-state index in [0.717, 1.165) is 19.1 Å². The molecule has 2 nitrogen and oxygen atoms in total. The van der Waals surface area contributed by atoms with E-state index in [1.807, 2.05) is 0 Å². The molecule has 0 radical (unpaired) electrons. The Morgan fingerprint density at radius 1 is 1.43 bits per heavy atom. The predicted octanol–water partition coefficient (Wildman–Crippen LogP) is 2.58. The van der Waals surface area contributed by atoms with Gasteiger partial charge < -0.3 is 10.1 Å². The van der Waals surface area contributed by atoms with Crippen molar-refractivity contribution in [2.24, 2.45) is 5.92 Å². The quantitative estimate of drug-likeness (QED) is 0.664. The predicted molar refractivity (Wildman–Crippen MR) is 60.5 cm³/mol. The molecule has 84 valence electrons. The Kier molecular flexibility index (Phi) is 6.20. The molecule has 1 rings (SSSR count). The first-order valence-corrected chi connectivity index (χ1v) is 6.13. The van der Waals surface area contributed by atoms with Crippen molar-refractivity contribution in [1.29, 1.82) is 0 Å². The first-order valence-electron chi connectivity index (χ1n) is 6.13. The fourth-order valence-electron chi connectivity index (χ4n) is 2.31. The Bertz CT molecular complexity index is 132. The third kappa shape index (κ3) is 3.97. The molecule has 0 spiro atoms. The number of nitrogens with one attached hydrogen (secondary N) is 1. The van der Waals surface area contributed by atoms with Crippen LogP contribution in [0.2, 0.25) is 0 Å². The van der Waals surface area contributed by atoms with Crippen molar-refractivity contribution in [3.63, 3.8) is 0 Å². The molecule has 0 aromatic rings. The minimum atomic E-state index is 0.682. The Balaban J connectivity index is 2.21. The van der Waals surface area contributed by atoms with Crippen LogP contribution in [0, 0.1) is 5.92 Å². The Morgan fingerprint density at radius 2 is 2.29 bits per heavy atom. The van der Waals surface area contributed by atoms with Crippen molar-refractivity contribution in [3.05, 3.63) is 0 Å². The second kappa shape index (κ2) is 7.24. The second-order valence-electron chi connectivity index (χ2n) is 4.37. The molecule has 2 heteroatoms. The lowest BCUT2D eigenvalue weighted by Crippen LogP contribution is -2.38. The van der Waals surface area contributed by atoms with E-state index in [-0.39, 0.29) is 0 Å². The average Bonchev–Trinajstić information content (AvgIpc) is 2.26. The molecule has 2 unspecified atom stereocenters. The topological polar surface area (TPSA) is 21.3 Å². The summed E-state index contributed by atoms with van der Waals surface area (Å²) in [4.78, 5) is 0. The molecule has 0 aliphatic carbocycles. The van der Waals surface area contributed by atoms with E-state index in [0.29, 0.717) is 6.04 Å². The van der Waals surface area contributed by atoms with E-state index in [9.17, 15) is 0 Å². The number of hydrogen-bond donors (Lipinski definition) is 1. The molecular formula is C12H25NO. The molecule has 1 saturated heterocycles. The summed E-state index contributed by atoms with van der Waals surface area (Å²) in [6.07, 6.45) is 7.95. The summed E-state index contributed by atoms with van der Waals surface area (Å²) in [6, 6.07) is 0.682. The van der Waals surface area contributed by atoms with Crippen LogP contribution in [0.5, 0.6) is 0 Å². The van der Waals surface area contributed by atoms with E-state index in [2.05, 4.69) is 19.3 Å². The normalized spacial score (nSPS) is 24.9. The number of hydrogen-bond acceptors (Lipinski definition) is 2. The van der Waals surface area contributed by atoms with Gasteiger partial charge in [0.2, 0.25) is 0 Å². The summed E-state index contributed by atoms with van der Waals surface area (Å²) in [7, 11) is 2.09. The van der Waals surface area contributed by atoms with Crippen LogP contribution in [0.3, 0.4) is 0 Å². The van der Waals surface area contributed by atoms with Crippen molar-refractivity contribution < 1.29 is 4.74 Å². The van der Waals surface area contributed by atoms with Crippen LogP contribution in [0.1, 0.15) is 45.4 Å². The summed E-state index contributed by atoms with van der Waals surface area (Å²) in [5, 5.41) is 3.45. The third-order valence-electron chi connectivity index (χ3n) is 3.25. The van der Waals surface area contributed by atoms with E-state index in [1.165, 1.54) is 38.5 Å². The summed E-state index contributed by atoms with van der Waals surface area (Å²) in [5.74, 6) is 0.755. The van der Waals surface area contributed by atoms with Crippen molar-refractivity contribution in [2.45, 2.75) is 51.5 Å². The standard InChI is InChI=1S/C12H25NO/c1-3-4-5-8-12(13-2)11-7-6-9-14-10-11/h11-13H,3-10H2,1-2H3. The molecule has 1 fully saturated rings. The van der Waals surface area contributed by atoms with Crippen molar-refractivity contribution in [2.75, 3.05) is 20.3 Å².